The Balaban J connectivity index is 1.87. The van der Waals surface area contributed by atoms with Gasteiger partial charge in [0, 0.05) is 11.6 Å². The van der Waals surface area contributed by atoms with Gasteiger partial charge < -0.3 is 14.8 Å². The second-order valence-electron chi connectivity index (χ2n) is 5.88. The molecule has 1 aromatic heterocycles. The number of rotatable bonds is 6. The van der Waals surface area contributed by atoms with Crippen LogP contribution in [0.5, 0.6) is 11.5 Å². The Labute approximate surface area is 155 Å². The molecular formula is C18H21N3O4S. The molecule has 0 saturated heterocycles. The standard InChI is InChI=1S/C18H21N3O4S/c1-24-11-7-8-15(25-2)14(9-11)19-16(22)10-21-17(23)12-5-4-6-13(12)20-18(21)26-3/h7-9H,4-6,10H2,1-3H3,(H,19,22). The number of benzene rings is 1. The van der Waals surface area contributed by atoms with Crippen molar-refractivity contribution in [1.82, 2.24) is 9.55 Å². The maximum absolute atomic E-state index is 12.7. The minimum atomic E-state index is -0.325. The minimum Gasteiger partial charge on any atom is -0.497 e. The molecule has 0 unspecified atom stereocenters. The molecule has 138 valence electrons. The molecule has 2 aromatic rings. The number of carbonyl (C=O) groups excluding carboxylic acids is 1. The highest BCUT2D eigenvalue weighted by molar-refractivity contribution is 7.98. The predicted molar refractivity (Wildman–Crippen MR) is 100 cm³/mol. The van der Waals surface area contributed by atoms with Crippen LogP contribution in [0.4, 0.5) is 5.69 Å². The van der Waals surface area contributed by atoms with Crippen molar-refractivity contribution in [2.24, 2.45) is 0 Å². The SMILES string of the molecule is COc1ccc(OC)c(NC(=O)Cn2c(SC)nc3c(c2=O)CCC3)c1. The zero-order valence-corrected chi connectivity index (χ0v) is 15.8. The minimum absolute atomic E-state index is 0.102. The van der Waals surface area contributed by atoms with E-state index in [0.29, 0.717) is 22.3 Å². The fourth-order valence-electron chi connectivity index (χ4n) is 3.05. The van der Waals surface area contributed by atoms with E-state index in [9.17, 15) is 9.59 Å². The second-order valence-corrected chi connectivity index (χ2v) is 6.66. The van der Waals surface area contributed by atoms with E-state index in [1.807, 2.05) is 6.26 Å². The quantitative estimate of drug-likeness (QED) is 0.615. The maximum atomic E-state index is 12.7. The number of fused-ring (bicyclic) bond motifs is 1. The van der Waals surface area contributed by atoms with Gasteiger partial charge in [-0.15, -0.1) is 0 Å². The molecule has 1 aliphatic carbocycles. The molecule has 0 aliphatic heterocycles. The lowest BCUT2D eigenvalue weighted by Crippen LogP contribution is -2.32. The maximum Gasteiger partial charge on any atom is 0.258 e. The van der Waals surface area contributed by atoms with Gasteiger partial charge in [-0.1, -0.05) is 11.8 Å². The van der Waals surface area contributed by atoms with E-state index in [-0.39, 0.29) is 18.0 Å². The highest BCUT2D eigenvalue weighted by Crippen LogP contribution is 2.29. The van der Waals surface area contributed by atoms with Crippen LogP contribution in [-0.4, -0.2) is 35.9 Å². The summed E-state index contributed by atoms with van der Waals surface area (Å²) >= 11 is 1.36. The highest BCUT2D eigenvalue weighted by Gasteiger charge is 2.22. The number of methoxy groups -OCH3 is 2. The third-order valence-corrected chi connectivity index (χ3v) is 5.00. The van der Waals surface area contributed by atoms with Crippen molar-refractivity contribution in [2.45, 2.75) is 31.0 Å². The number of nitrogens with zero attached hydrogens (tertiary/aromatic N) is 2. The average Bonchev–Trinajstić information content (AvgIpc) is 3.12. The molecule has 8 heteroatoms. The van der Waals surface area contributed by atoms with Crippen LogP contribution in [0.1, 0.15) is 17.7 Å². The van der Waals surface area contributed by atoms with Gasteiger partial charge in [0.1, 0.15) is 18.0 Å². The Morgan fingerprint density at radius 1 is 1.31 bits per heavy atom. The molecule has 0 fully saturated rings. The normalized spacial score (nSPS) is 12.6. The first kappa shape index (κ1) is 18.3. The highest BCUT2D eigenvalue weighted by atomic mass is 32.2. The fraction of sp³-hybridized carbons (Fsp3) is 0.389. The number of carbonyl (C=O) groups is 1. The Hall–Kier alpha value is -2.48. The van der Waals surface area contributed by atoms with E-state index in [0.717, 1.165) is 30.5 Å². The Morgan fingerprint density at radius 2 is 2.12 bits per heavy atom. The van der Waals surface area contributed by atoms with Crippen molar-refractivity contribution in [2.75, 3.05) is 25.8 Å². The zero-order chi connectivity index (χ0) is 18.7. The van der Waals surface area contributed by atoms with E-state index in [4.69, 9.17) is 9.47 Å². The number of ether oxygens (including phenoxy) is 2. The number of aromatic nitrogens is 2. The van der Waals surface area contributed by atoms with Crippen molar-refractivity contribution >= 4 is 23.4 Å². The Bertz CT molecular complexity index is 895. The van der Waals surface area contributed by atoms with Crippen LogP contribution in [0.25, 0.3) is 0 Å². The summed E-state index contributed by atoms with van der Waals surface area (Å²) < 4.78 is 11.9. The Morgan fingerprint density at radius 3 is 2.81 bits per heavy atom. The van der Waals surface area contributed by atoms with Crippen molar-refractivity contribution < 1.29 is 14.3 Å². The number of nitrogens with one attached hydrogen (secondary N) is 1. The summed E-state index contributed by atoms with van der Waals surface area (Å²) in [7, 11) is 3.08. The van der Waals surface area contributed by atoms with Gasteiger partial charge in [0.25, 0.3) is 5.56 Å². The van der Waals surface area contributed by atoms with Gasteiger partial charge in [-0.2, -0.15) is 0 Å². The number of aryl methyl sites for hydroxylation is 1. The lowest BCUT2D eigenvalue weighted by atomic mass is 10.2. The number of amides is 1. The number of hydrogen-bond donors (Lipinski definition) is 1. The van der Waals surface area contributed by atoms with E-state index in [1.165, 1.54) is 23.4 Å². The third kappa shape index (κ3) is 3.55. The molecule has 1 aromatic carbocycles. The molecule has 0 atom stereocenters. The number of anilines is 1. The van der Waals surface area contributed by atoms with E-state index in [2.05, 4.69) is 10.3 Å². The molecule has 0 bridgehead atoms. The van der Waals surface area contributed by atoms with E-state index >= 15 is 0 Å². The molecule has 1 aliphatic rings. The fourth-order valence-corrected chi connectivity index (χ4v) is 3.62. The van der Waals surface area contributed by atoms with Gasteiger partial charge in [0.2, 0.25) is 5.91 Å². The molecule has 3 rings (SSSR count). The predicted octanol–water partition coefficient (Wildman–Crippen LogP) is 2.11. The first-order valence-electron chi connectivity index (χ1n) is 8.25. The summed E-state index contributed by atoms with van der Waals surface area (Å²) in [6.45, 7) is -0.102. The summed E-state index contributed by atoms with van der Waals surface area (Å²) in [6.07, 6.45) is 4.33. The smallest absolute Gasteiger partial charge is 0.258 e. The van der Waals surface area contributed by atoms with Crippen LogP contribution in [0.15, 0.2) is 28.2 Å². The van der Waals surface area contributed by atoms with Gasteiger partial charge in [-0.05, 0) is 37.7 Å². The van der Waals surface area contributed by atoms with Crippen LogP contribution in [0.2, 0.25) is 0 Å². The summed E-state index contributed by atoms with van der Waals surface area (Å²) in [6, 6.07) is 5.13. The van der Waals surface area contributed by atoms with Crippen LogP contribution in [0, 0.1) is 0 Å². The average molecular weight is 375 g/mol. The number of thioether (sulfide) groups is 1. The number of hydrogen-bond acceptors (Lipinski definition) is 6. The molecule has 1 N–H and O–H groups in total. The van der Waals surface area contributed by atoms with Gasteiger partial charge in [-0.25, -0.2) is 4.98 Å². The van der Waals surface area contributed by atoms with Gasteiger partial charge in [-0.3, -0.25) is 14.2 Å². The van der Waals surface area contributed by atoms with E-state index in [1.54, 1.807) is 25.3 Å². The third-order valence-electron chi connectivity index (χ3n) is 4.32. The lowest BCUT2D eigenvalue weighted by Gasteiger charge is -2.14. The molecule has 1 heterocycles. The molecule has 0 spiro atoms. The van der Waals surface area contributed by atoms with E-state index < -0.39 is 0 Å². The first-order chi connectivity index (χ1) is 12.6. The Kier molecular flexibility index (Phi) is 5.51. The van der Waals surface area contributed by atoms with Crippen LogP contribution >= 0.6 is 11.8 Å². The monoisotopic (exact) mass is 375 g/mol. The molecule has 7 nitrogen and oxygen atoms in total. The molecular weight excluding hydrogens is 354 g/mol. The zero-order valence-electron chi connectivity index (χ0n) is 15.0. The van der Waals surface area contributed by atoms with Crippen LogP contribution < -0.4 is 20.3 Å². The summed E-state index contributed by atoms with van der Waals surface area (Å²) in [5, 5.41) is 3.35. The van der Waals surface area contributed by atoms with Crippen molar-refractivity contribution in [1.29, 1.82) is 0 Å². The summed E-state index contributed by atoms with van der Waals surface area (Å²) in [5.74, 6) is 0.791. The van der Waals surface area contributed by atoms with Crippen molar-refractivity contribution in [3.05, 3.63) is 39.8 Å². The van der Waals surface area contributed by atoms with Gasteiger partial charge >= 0.3 is 0 Å². The van der Waals surface area contributed by atoms with Crippen LogP contribution in [-0.2, 0) is 24.2 Å². The van der Waals surface area contributed by atoms with Crippen molar-refractivity contribution in [3.63, 3.8) is 0 Å². The van der Waals surface area contributed by atoms with Crippen molar-refractivity contribution in [3.8, 4) is 11.5 Å². The molecule has 0 radical (unpaired) electrons. The molecule has 1 amide bonds. The molecule has 0 saturated carbocycles. The topological polar surface area (TPSA) is 82.4 Å². The second kappa shape index (κ2) is 7.82. The van der Waals surface area contributed by atoms with Gasteiger partial charge in [0.15, 0.2) is 5.16 Å². The molecule has 26 heavy (non-hydrogen) atoms. The van der Waals surface area contributed by atoms with Crippen LogP contribution in [0.3, 0.4) is 0 Å². The first-order valence-corrected chi connectivity index (χ1v) is 9.48. The summed E-state index contributed by atoms with van der Waals surface area (Å²) in [5.41, 5.74) is 1.97. The summed E-state index contributed by atoms with van der Waals surface area (Å²) in [4.78, 5) is 29.9. The van der Waals surface area contributed by atoms with Gasteiger partial charge in [0.05, 0.1) is 25.6 Å². The largest absolute Gasteiger partial charge is 0.497 e. The lowest BCUT2D eigenvalue weighted by molar-refractivity contribution is -0.116.